The summed E-state index contributed by atoms with van der Waals surface area (Å²) in [5, 5.41) is 9.17. The molecular formula is C19H15N3O2. The van der Waals surface area contributed by atoms with Gasteiger partial charge in [-0.05, 0) is 31.2 Å². The summed E-state index contributed by atoms with van der Waals surface area (Å²) in [6.07, 6.45) is 1.75. The van der Waals surface area contributed by atoms with Crippen molar-refractivity contribution in [1.82, 2.24) is 15.2 Å². The Morgan fingerprint density at radius 1 is 1.00 bits per heavy atom. The molecule has 0 bridgehead atoms. The molecular weight excluding hydrogens is 302 g/mol. The summed E-state index contributed by atoms with van der Waals surface area (Å²) in [5.41, 5.74) is 2.87. The lowest BCUT2D eigenvalue weighted by atomic mass is 10.1. The minimum atomic E-state index is 0.203. The summed E-state index contributed by atoms with van der Waals surface area (Å²) in [7, 11) is 0. The summed E-state index contributed by atoms with van der Waals surface area (Å²) in [4.78, 5) is 4.36. The maximum atomic E-state index is 5.82. The van der Waals surface area contributed by atoms with Gasteiger partial charge in [0.05, 0.1) is 0 Å². The number of para-hydroxylation sites is 1. The molecule has 0 saturated carbocycles. The lowest BCUT2D eigenvalue weighted by molar-refractivity contribution is 0.267. The zero-order chi connectivity index (χ0) is 16.4. The average molecular weight is 317 g/mol. The topological polar surface area (TPSA) is 61.0 Å². The number of nitrogens with zero attached hydrogens (tertiary/aromatic N) is 3. The Labute approximate surface area is 138 Å². The van der Waals surface area contributed by atoms with Crippen LogP contribution in [-0.4, -0.2) is 15.2 Å². The summed E-state index contributed by atoms with van der Waals surface area (Å²) >= 11 is 0. The quantitative estimate of drug-likeness (QED) is 0.565. The van der Waals surface area contributed by atoms with Crippen molar-refractivity contribution in [2.75, 3.05) is 0 Å². The summed E-state index contributed by atoms with van der Waals surface area (Å²) < 4.78 is 11.5. The van der Waals surface area contributed by atoms with E-state index in [1.807, 2.05) is 61.5 Å². The van der Waals surface area contributed by atoms with Crippen molar-refractivity contribution in [2.24, 2.45) is 0 Å². The molecule has 5 heteroatoms. The van der Waals surface area contributed by atoms with E-state index in [0.717, 1.165) is 22.0 Å². The van der Waals surface area contributed by atoms with Crippen LogP contribution in [0, 0.1) is 6.92 Å². The van der Waals surface area contributed by atoms with Gasteiger partial charge in [-0.2, -0.15) is 0 Å². The van der Waals surface area contributed by atoms with Gasteiger partial charge in [-0.15, -0.1) is 10.2 Å². The Morgan fingerprint density at radius 3 is 2.79 bits per heavy atom. The molecule has 0 amide bonds. The van der Waals surface area contributed by atoms with E-state index in [1.165, 1.54) is 0 Å². The SMILES string of the molecule is Cc1cccc(-c2nnc(COc3cccc4cccnc34)o2)c1. The fourth-order valence-electron chi connectivity index (χ4n) is 2.54. The van der Waals surface area contributed by atoms with Crippen LogP contribution in [0.5, 0.6) is 5.75 Å². The number of pyridine rings is 1. The highest BCUT2D eigenvalue weighted by Crippen LogP contribution is 2.24. The Morgan fingerprint density at radius 2 is 1.88 bits per heavy atom. The van der Waals surface area contributed by atoms with E-state index in [9.17, 15) is 0 Å². The molecule has 0 radical (unpaired) electrons. The molecule has 4 aromatic rings. The minimum Gasteiger partial charge on any atom is -0.482 e. The number of benzene rings is 2. The van der Waals surface area contributed by atoms with Crippen LogP contribution < -0.4 is 4.74 Å². The molecule has 2 aromatic heterocycles. The molecule has 0 saturated heterocycles. The van der Waals surface area contributed by atoms with Gasteiger partial charge < -0.3 is 9.15 Å². The van der Waals surface area contributed by atoms with Gasteiger partial charge in [-0.3, -0.25) is 4.98 Å². The Hall–Kier alpha value is -3.21. The van der Waals surface area contributed by atoms with E-state index < -0.39 is 0 Å². The molecule has 5 nitrogen and oxygen atoms in total. The van der Waals surface area contributed by atoms with Crippen LogP contribution in [-0.2, 0) is 6.61 Å². The average Bonchev–Trinajstić information content (AvgIpc) is 3.09. The minimum absolute atomic E-state index is 0.203. The summed E-state index contributed by atoms with van der Waals surface area (Å²) in [6, 6.07) is 17.7. The van der Waals surface area contributed by atoms with Crippen molar-refractivity contribution < 1.29 is 9.15 Å². The number of fused-ring (bicyclic) bond motifs is 1. The van der Waals surface area contributed by atoms with E-state index in [0.29, 0.717) is 17.5 Å². The van der Waals surface area contributed by atoms with Crippen molar-refractivity contribution in [3.63, 3.8) is 0 Å². The number of ether oxygens (including phenoxy) is 1. The summed E-state index contributed by atoms with van der Waals surface area (Å²) in [5.74, 6) is 1.62. The molecule has 0 aliphatic carbocycles. The van der Waals surface area contributed by atoms with Gasteiger partial charge in [-0.1, -0.05) is 35.9 Å². The number of hydrogen-bond donors (Lipinski definition) is 0. The molecule has 0 aliphatic heterocycles. The van der Waals surface area contributed by atoms with Crippen LogP contribution in [0.15, 0.2) is 65.2 Å². The first kappa shape index (κ1) is 14.4. The van der Waals surface area contributed by atoms with E-state index in [4.69, 9.17) is 9.15 Å². The third-order valence-corrected chi connectivity index (χ3v) is 3.68. The molecule has 4 rings (SSSR count). The van der Waals surface area contributed by atoms with Gasteiger partial charge in [0.2, 0.25) is 5.89 Å². The zero-order valence-electron chi connectivity index (χ0n) is 13.1. The van der Waals surface area contributed by atoms with Crippen molar-refractivity contribution in [2.45, 2.75) is 13.5 Å². The van der Waals surface area contributed by atoms with Crippen LogP contribution in [0.2, 0.25) is 0 Å². The van der Waals surface area contributed by atoms with E-state index in [2.05, 4.69) is 15.2 Å². The van der Waals surface area contributed by atoms with Gasteiger partial charge >= 0.3 is 0 Å². The van der Waals surface area contributed by atoms with E-state index in [-0.39, 0.29) is 6.61 Å². The van der Waals surface area contributed by atoms with Gasteiger partial charge in [0.1, 0.15) is 11.3 Å². The molecule has 0 aliphatic rings. The van der Waals surface area contributed by atoms with Gasteiger partial charge in [0.15, 0.2) is 6.61 Å². The van der Waals surface area contributed by atoms with Crippen molar-refractivity contribution >= 4 is 10.9 Å². The highest BCUT2D eigenvalue weighted by atomic mass is 16.5. The normalized spacial score (nSPS) is 10.9. The molecule has 0 spiro atoms. The van der Waals surface area contributed by atoms with Crippen LogP contribution in [0.3, 0.4) is 0 Å². The third-order valence-electron chi connectivity index (χ3n) is 3.68. The lowest BCUT2D eigenvalue weighted by Crippen LogP contribution is -1.97. The lowest BCUT2D eigenvalue weighted by Gasteiger charge is -2.06. The maximum absolute atomic E-state index is 5.82. The van der Waals surface area contributed by atoms with Crippen LogP contribution in [0.25, 0.3) is 22.4 Å². The highest BCUT2D eigenvalue weighted by molar-refractivity contribution is 5.84. The van der Waals surface area contributed by atoms with E-state index in [1.54, 1.807) is 6.20 Å². The first-order valence-corrected chi connectivity index (χ1v) is 7.65. The van der Waals surface area contributed by atoms with Gasteiger partial charge in [0, 0.05) is 17.1 Å². The Bertz CT molecular complexity index is 989. The molecule has 0 atom stereocenters. The highest BCUT2D eigenvalue weighted by Gasteiger charge is 2.10. The molecule has 24 heavy (non-hydrogen) atoms. The molecule has 0 N–H and O–H groups in total. The predicted octanol–water partition coefficient (Wildman–Crippen LogP) is 4.17. The smallest absolute Gasteiger partial charge is 0.254 e. The fourth-order valence-corrected chi connectivity index (χ4v) is 2.54. The zero-order valence-corrected chi connectivity index (χ0v) is 13.1. The number of hydrogen-bond acceptors (Lipinski definition) is 5. The molecule has 2 aromatic carbocycles. The van der Waals surface area contributed by atoms with Gasteiger partial charge in [-0.25, -0.2) is 0 Å². The predicted molar refractivity (Wildman–Crippen MR) is 90.5 cm³/mol. The number of rotatable bonds is 4. The molecule has 0 unspecified atom stereocenters. The first-order valence-electron chi connectivity index (χ1n) is 7.65. The third kappa shape index (κ3) is 2.84. The maximum Gasteiger partial charge on any atom is 0.254 e. The monoisotopic (exact) mass is 317 g/mol. The van der Waals surface area contributed by atoms with Crippen molar-refractivity contribution in [1.29, 1.82) is 0 Å². The van der Waals surface area contributed by atoms with Crippen LogP contribution >= 0.6 is 0 Å². The van der Waals surface area contributed by atoms with Crippen LogP contribution in [0.1, 0.15) is 11.5 Å². The standard InChI is InChI=1S/C19H15N3O2/c1-13-5-2-7-15(11-13)19-22-21-17(24-19)12-23-16-9-3-6-14-8-4-10-20-18(14)16/h2-11H,12H2,1H3. The Balaban J connectivity index is 1.54. The molecule has 2 heterocycles. The largest absolute Gasteiger partial charge is 0.482 e. The number of aromatic nitrogens is 3. The molecule has 118 valence electrons. The van der Waals surface area contributed by atoms with Crippen molar-refractivity contribution in [3.05, 3.63) is 72.2 Å². The summed E-state index contributed by atoms with van der Waals surface area (Å²) in [6.45, 7) is 2.23. The molecule has 0 fully saturated rings. The second-order valence-electron chi connectivity index (χ2n) is 5.49. The second-order valence-corrected chi connectivity index (χ2v) is 5.49. The second kappa shape index (κ2) is 6.12. The van der Waals surface area contributed by atoms with E-state index >= 15 is 0 Å². The first-order chi connectivity index (χ1) is 11.8. The van der Waals surface area contributed by atoms with Crippen molar-refractivity contribution in [3.8, 4) is 17.2 Å². The fraction of sp³-hybridized carbons (Fsp3) is 0.105. The Kier molecular flexibility index (Phi) is 3.67. The van der Waals surface area contributed by atoms with Crippen LogP contribution in [0.4, 0.5) is 0 Å². The van der Waals surface area contributed by atoms with Gasteiger partial charge in [0.25, 0.3) is 5.89 Å². The number of aryl methyl sites for hydroxylation is 1.